The molecule has 2 aliphatic carbocycles. The Hall–Kier alpha value is -3.34. The summed E-state index contributed by atoms with van der Waals surface area (Å²) in [4.78, 5) is 43.3. The summed E-state index contributed by atoms with van der Waals surface area (Å²) in [5, 5.41) is 3.16. The summed E-state index contributed by atoms with van der Waals surface area (Å²) >= 11 is 0. The largest absolute Gasteiger partial charge is 0.355 e. The van der Waals surface area contributed by atoms with Crippen molar-refractivity contribution in [1.29, 1.82) is 0 Å². The zero-order valence-corrected chi connectivity index (χ0v) is 14.5. The van der Waals surface area contributed by atoms with Crippen molar-refractivity contribution >= 4 is 17.3 Å². The van der Waals surface area contributed by atoms with Gasteiger partial charge >= 0.3 is 0 Å². The Kier molecular flexibility index (Phi) is 3.44. The molecule has 0 spiro atoms. The lowest BCUT2D eigenvalue weighted by molar-refractivity contribution is -0.116. The predicted molar refractivity (Wildman–Crippen MR) is 98.1 cm³/mol. The summed E-state index contributed by atoms with van der Waals surface area (Å²) in [5.41, 5.74) is 3.69. The SMILES string of the molecule is O=C1CCCC2=C1C(c1ccncc1)C1=C(N2)C(=O)c2ccccc2C1=O. The number of Topliss-reactive ketones (excluding diaryl/α,β-unsaturated/α-hetero) is 3. The van der Waals surface area contributed by atoms with Gasteiger partial charge in [0.05, 0.1) is 5.70 Å². The number of nitrogens with one attached hydrogen (secondary N) is 1. The lowest BCUT2D eigenvalue weighted by atomic mass is 9.70. The number of carbonyl (C=O) groups is 3. The van der Waals surface area contributed by atoms with Crippen molar-refractivity contribution in [2.24, 2.45) is 0 Å². The van der Waals surface area contributed by atoms with E-state index in [9.17, 15) is 14.4 Å². The molecule has 2 heterocycles. The van der Waals surface area contributed by atoms with Gasteiger partial charge in [0, 0.05) is 52.7 Å². The fourth-order valence-electron chi connectivity index (χ4n) is 4.31. The van der Waals surface area contributed by atoms with Crippen LogP contribution in [-0.2, 0) is 4.79 Å². The number of benzene rings is 1. The van der Waals surface area contributed by atoms with Crippen LogP contribution >= 0.6 is 0 Å². The zero-order chi connectivity index (χ0) is 18.5. The Morgan fingerprint density at radius 1 is 0.852 bits per heavy atom. The second kappa shape index (κ2) is 5.84. The van der Waals surface area contributed by atoms with Gasteiger partial charge < -0.3 is 5.32 Å². The molecule has 0 fully saturated rings. The second-order valence-corrected chi connectivity index (χ2v) is 7.00. The standard InChI is InChI=1S/C22H16N2O3/c25-16-7-3-6-15-18(16)17(12-8-10-23-11-9-12)19-20(24-15)22(27)14-5-2-1-4-13(14)21(19)26/h1-2,4-5,8-11,17,24H,3,6-7H2. The van der Waals surface area contributed by atoms with Crippen LogP contribution in [0.3, 0.4) is 0 Å². The minimum atomic E-state index is -0.531. The van der Waals surface area contributed by atoms with E-state index in [1.807, 2.05) is 12.1 Å². The van der Waals surface area contributed by atoms with Crippen molar-refractivity contribution in [3.05, 3.63) is 88.0 Å². The molecule has 0 amide bonds. The minimum Gasteiger partial charge on any atom is -0.355 e. The highest BCUT2D eigenvalue weighted by molar-refractivity contribution is 6.28. The van der Waals surface area contributed by atoms with Crippen molar-refractivity contribution in [3.8, 4) is 0 Å². The van der Waals surface area contributed by atoms with Crippen molar-refractivity contribution in [1.82, 2.24) is 10.3 Å². The normalized spacial score (nSPS) is 21.5. The first-order valence-corrected chi connectivity index (χ1v) is 9.02. The molecule has 3 aliphatic rings. The van der Waals surface area contributed by atoms with Crippen molar-refractivity contribution < 1.29 is 14.4 Å². The number of nitrogens with zero attached hydrogens (tertiary/aromatic N) is 1. The number of aromatic nitrogens is 1. The van der Waals surface area contributed by atoms with Crippen LogP contribution in [0.25, 0.3) is 0 Å². The summed E-state index contributed by atoms with van der Waals surface area (Å²) in [6.07, 6.45) is 5.20. The number of hydrogen-bond acceptors (Lipinski definition) is 5. The summed E-state index contributed by atoms with van der Waals surface area (Å²) in [7, 11) is 0. The maximum absolute atomic E-state index is 13.4. The van der Waals surface area contributed by atoms with E-state index < -0.39 is 5.92 Å². The molecule has 0 radical (unpaired) electrons. The molecule has 5 nitrogen and oxygen atoms in total. The molecule has 5 rings (SSSR count). The van der Waals surface area contributed by atoms with Crippen LogP contribution < -0.4 is 5.32 Å². The molecular formula is C22H16N2O3. The lowest BCUT2D eigenvalue weighted by Crippen LogP contribution is -2.40. The smallest absolute Gasteiger partial charge is 0.210 e. The zero-order valence-electron chi connectivity index (χ0n) is 14.5. The van der Waals surface area contributed by atoms with Crippen molar-refractivity contribution in [2.45, 2.75) is 25.2 Å². The van der Waals surface area contributed by atoms with Gasteiger partial charge in [-0.25, -0.2) is 0 Å². The van der Waals surface area contributed by atoms with Crippen LogP contribution in [0.2, 0.25) is 0 Å². The summed E-state index contributed by atoms with van der Waals surface area (Å²) < 4.78 is 0. The number of pyridine rings is 1. The molecular weight excluding hydrogens is 340 g/mol. The van der Waals surface area contributed by atoms with Crippen LogP contribution in [0.5, 0.6) is 0 Å². The van der Waals surface area contributed by atoms with Crippen LogP contribution in [0, 0.1) is 0 Å². The van der Waals surface area contributed by atoms with E-state index in [0.29, 0.717) is 40.8 Å². The van der Waals surface area contributed by atoms with Crippen LogP contribution in [0.1, 0.15) is 51.5 Å². The lowest BCUT2D eigenvalue weighted by Gasteiger charge is -2.36. The first-order chi connectivity index (χ1) is 13.2. The molecule has 0 saturated heterocycles. The van der Waals surface area contributed by atoms with Crippen LogP contribution in [0.4, 0.5) is 0 Å². The topological polar surface area (TPSA) is 76.1 Å². The average molecular weight is 356 g/mol. The van der Waals surface area contributed by atoms with Gasteiger partial charge in [0.1, 0.15) is 0 Å². The summed E-state index contributed by atoms with van der Waals surface area (Å²) in [6.45, 7) is 0. The molecule has 1 unspecified atom stereocenters. The maximum Gasteiger partial charge on any atom is 0.210 e. The highest BCUT2D eigenvalue weighted by atomic mass is 16.1. The molecule has 1 aromatic carbocycles. The van der Waals surface area contributed by atoms with E-state index in [2.05, 4.69) is 10.3 Å². The van der Waals surface area contributed by atoms with E-state index in [-0.39, 0.29) is 17.3 Å². The van der Waals surface area contributed by atoms with Gasteiger partial charge in [-0.2, -0.15) is 0 Å². The fourth-order valence-corrected chi connectivity index (χ4v) is 4.31. The highest BCUT2D eigenvalue weighted by Gasteiger charge is 2.44. The van der Waals surface area contributed by atoms with E-state index in [0.717, 1.165) is 17.7 Å². The fraction of sp³-hybridized carbons (Fsp3) is 0.182. The van der Waals surface area contributed by atoms with Gasteiger partial charge in [-0.15, -0.1) is 0 Å². The Morgan fingerprint density at radius 2 is 1.56 bits per heavy atom. The number of fused-ring (bicyclic) bond motifs is 1. The first kappa shape index (κ1) is 15.9. The number of hydrogen-bond donors (Lipinski definition) is 1. The van der Waals surface area contributed by atoms with Crippen molar-refractivity contribution in [3.63, 3.8) is 0 Å². The second-order valence-electron chi connectivity index (χ2n) is 7.00. The molecule has 27 heavy (non-hydrogen) atoms. The quantitative estimate of drug-likeness (QED) is 0.850. The average Bonchev–Trinajstić information content (AvgIpc) is 2.71. The van der Waals surface area contributed by atoms with Gasteiger partial charge in [-0.3, -0.25) is 19.4 Å². The maximum atomic E-state index is 13.4. The molecule has 2 aromatic rings. The van der Waals surface area contributed by atoms with Gasteiger partial charge in [0.2, 0.25) is 5.78 Å². The summed E-state index contributed by atoms with van der Waals surface area (Å²) in [6, 6.07) is 10.5. The Balaban J connectivity index is 1.77. The van der Waals surface area contributed by atoms with Crippen molar-refractivity contribution in [2.75, 3.05) is 0 Å². The predicted octanol–water partition coefficient (Wildman–Crippen LogP) is 3.11. The van der Waals surface area contributed by atoms with Crippen LogP contribution in [0.15, 0.2) is 71.3 Å². The third kappa shape index (κ3) is 2.24. The first-order valence-electron chi connectivity index (χ1n) is 9.02. The number of allylic oxidation sites excluding steroid dienone is 4. The Morgan fingerprint density at radius 3 is 2.30 bits per heavy atom. The van der Waals surface area contributed by atoms with E-state index in [1.165, 1.54) is 0 Å². The molecule has 0 saturated carbocycles. The van der Waals surface area contributed by atoms with Gasteiger partial charge in [-0.1, -0.05) is 24.3 Å². The Bertz CT molecular complexity index is 1080. The highest BCUT2D eigenvalue weighted by Crippen LogP contribution is 2.45. The van der Waals surface area contributed by atoms with Crippen LogP contribution in [-0.4, -0.2) is 22.3 Å². The minimum absolute atomic E-state index is 0.0382. The molecule has 1 aliphatic heterocycles. The Labute approximate surface area is 155 Å². The molecule has 1 aromatic heterocycles. The monoisotopic (exact) mass is 356 g/mol. The van der Waals surface area contributed by atoms with Gasteiger partial charge in [0.25, 0.3) is 0 Å². The number of dihydropyridines is 1. The third-order valence-electron chi connectivity index (χ3n) is 5.51. The summed E-state index contributed by atoms with van der Waals surface area (Å²) in [5.74, 6) is -0.878. The van der Waals surface area contributed by atoms with E-state index in [1.54, 1.807) is 36.7 Å². The molecule has 1 atom stereocenters. The van der Waals surface area contributed by atoms with E-state index in [4.69, 9.17) is 0 Å². The molecule has 132 valence electrons. The number of ketones is 3. The van der Waals surface area contributed by atoms with Gasteiger partial charge in [0.15, 0.2) is 11.6 Å². The number of rotatable bonds is 1. The molecule has 5 heteroatoms. The molecule has 1 N–H and O–H groups in total. The van der Waals surface area contributed by atoms with Gasteiger partial charge in [-0.05, 0) is 30.5 Å². The third-order valence-corrected chi connectivity index (χ3v) is 5.51. The van der Waals surface area contributed by atoms with E-state index >= 15 is 0 Å². The number of carbonyl (C=O) groups excluding carboxylic acids is 3. The molecule has 0 bridgehead atoms.